The maximum Gasteiger partial charge on any atom is 0.0533 e. The number of benzene rings is 2. The van der Waals surface area contributed by atoms with Crippen LogP contribution in [0.5, 0.6) is 0 Å². The van der Waals surface area contributed by atoms with E-state index in [0.29, 0.717) is 0 Å². The third-order valence-corrected chi connectivity index (χ3v) is 3.48. The van der Waals surface area contributed by atoms with Gasteiger partial charge in [0.2, 0.25) is 0 Å². The highest BCUT2D eigenvalue weighted by atomic mass is 14.7. The maximum absolute atomic E-state index is 3.33. The quantitative estimate of drug-likeness (QED) is 0.490. The summed E-state index contributed by atoms with van der Waals surface area (Å²) < 4.78 is 0. The summed E-state index contributed by atoms with van der Waals surface area (Å²) in [6.45, 7) is 0. The molecule has 0 aliphatic heterocycles. The summed E-state index contributed by atoms with van der Waals surface area (Å²) >= 11 is 0. The number of aromatic nitrogens is 2. The Morgan fingerprint density at radius 2 is 1.56 bits per heavy atom. The van der Waals surface area contributed by atoms with Gasteiger partial charge in [-0.25, -0.2) is 0 Å². The highest BCUT2D eigenvalue weighted by Gasteiger charge is 2.08. The molecule has 0 amide bonds. The number of para-hydroxylation sites is 1. The predicted octanol–water partition coefficient (Wildman–Crippen LogP) is 4.32. The van der Waals surface area contributed by atoms with Gasteiger partial charge >= 0.3 is 0 Å². The van der Waals surface area contributed by atoms with Crippen molar-refractivity contribution >= 4 is 21.7 Å². The van der Waals surface area contributed by atoms with Gasteiger partial charge in [-0.15, -0.1) is 0 Å². The fourth-order valence-electron chi connectivity index (χ4n) is 2.63. The van der Waals surface area contributed by atoms with Gasteiger partial charge in [0.05, 0.1) is 5.52 Å². The van der Waals surface area contributed by atoms with E-state index < -0.39 is 0 Å². The van der Waals surface area contributed by atoms with E-state index in [1.54, 1.807) is 0 Å². The van der Waals surface area contributed by atoms with E-state index in [2.05, 4.69) is 58.6 Å². The summed E-state index contributed by atoms with van der Waals surface area (Å²) in [6, 6.07) is 14.9. The van der Waals surface area contributed by atoms with E-state index in [1.165, 1.54) is 32.8 Å². The topological polar surface area (TPSA) is 31.6 Å². The predicted molar refractivity (Wildman–Crippen MR) is 75.6 cm³/mol. The van der Waals surface area contributed by atoms with Gasteiger partial charge in [0.25, 0.3) is 0 Å². The van der Waals surface area contributed by atoms with Gasteiger partial charge in [0, 0.05) is 29.5 Å². The molecular weight excluding hydrogens is 220 g/mol. The number of fused-ring (bicyclic) bond motifs is 2. The molecule has 0 atom stereocenters. The number of H-pyrrole nitrogens is 2. The monoisotopic (exact) mass is 232 g/mol. The van der Waals surface area contributed by atoms with Crippen LogP contribution in [0, 0.1) is 0 Å². The number of hydrogen-bond donors (Lipinski definition) is 2. The molecule has 2 heteroatoms. The van der Waals surface area contributed by atoms with Crippen LogP contribution in [0.25, 0.3) is 32.8 Å². The van der Waals surface area contributed by atoms with Gasteiger partial charge in [0.15, 0.2) is 0 Å². The van der Waals surface area contributed by atoms with Crippen molar-refractivity contribution in [1.82, 2.24) is 9.97 Å². The highest BCUT2D eigenvalue weighted by molar-refractivity contribution is 6.03. The lowest BCUT2D eigenvalue weighted by Crippen LogP contribution is -1.81. The van der Waals surface area contributed by atoms with Gasteiger partial charge in [-0.05, 0) is 22.4 Å². The largest absolute Gasteiger partial charge is 0.366 e. The van der Waals surface area contributed by atoms with Crippen LogP contribution in [0.3, 0.4) is 0 Å². The first-order valence-corrected chi connectivity index (χ1v) is 6.05. The fraction of sp³-hybridized carbons (Fsp3) is 0. The van der Waals surface area contributed by atoms with Gasteiger partial charge in [-0.1, -0.05) is 36.4 Å². The molecule has 86 valence electrons. The molecule has 0 aliphatic carbocycles. The van der Waals surface area contributed by atoms with Gasteiger partial charge in [-0.3, -0.25) is 0 Å². The normalized spacial score (nSPS) is 11.3. The van der Waals surface area contributed by atoms with Gasteiger partial charge in [0.1, 0.15) is 0 Å². The molecule has 0 unspecified atom stereocenters. The van der Waals surface area contributed by atoms with Crippen molar-refractivity contribution in [2.24, 2.45) is 0 Å². The average molecular weight is 232 g/mol. The number of hydrogen-bond acceptors (Lipinski definition) is 0. The smallest absolute Gasteiger partial charge is 0.0533 e. The van der Waals surface area contributed by atoms with E-state index in [1.807, 2.05) is 12.4 Å². The van der Waals surface area contributed by atoms with Crippen molar-refractivity contribution in [1.29, 1.82) is 0 Å². The van der Waals surface area contributed by atoms with Crippen LogP contribution >= 0.6 is 0 Å². The Morgan fingerprint density at radius 3 is 2.50 bits per heavy atom. The molecule has 4 rings (SSSR count). The number of aromatic amines is 2. The van der Waals surface area contributed by atoms with E-state index in [-0.39, 0.29) is 0 Å². The molecule has 2 N–H and O–H groups in total. The minimum absolute atomic E-state index is 1.20. The Kier molecular flexibility index (Phi) is 1.86. The van der Waals surface area contributed by atoms with Crippen LogP contribution in [-0.4, -0.2) is 9.97 Å². The van der Waals surface area contributed by atoms with Crippen LogP contribution in [0.15, 0.2) is 61.1 Å². The first-order valence-electron chi connectivity index (χ1n) is 6.05. The fourth-order valence-corrected chi connectivity index (χ4v) is 2.63. The highest BCUT2D eigenvalue weighted by Crippen LogP contribution is 2.32. The molecule has 0 fully saturated rings. The van der Waals surface area contributed by atoms with Crippen LogP contribution in [0.4, 0.5) is 0 Å². The zero-order valence-electron chi connectivity index (χ0n) is 9.77. The zero-order chi connectivity index (χ0) is 11.9. The lowest BCUT2D eigenvalue weighted by Gasteiger charge is -2.05. The second-order valence-electron chi connectivity index (χ2n) is 4.51. The Labute approximate surface area is 104 Å². The molecule has 0 saturated heterocycles. The van der Waals surface area contributed by atoms with Crippen molar-refractivity contribution in [2.75, 3.05) is 0 Å². The van der Waals surface area contributed by atoms with Crippen molar-refractivity contribution < 1.29 is 0 Å². The van der Waals surface area contributed by atoms with Crippen molar-refractivity contribution in [3.05, 3.63) is 61.1 Å². The summed E-state index contributed by atoms with van der Waals surface area (Å²) in [5.41, 5.74) is 3.72. The van der Waals surface area contributed by atoms with Crippen molar-refractivity contribution in [3.63, 3.8) is 0 Å². The molecule has 0 spiro atoms. The molecule has 0 saturated carbocycles. The van der Waals surface area contributed by atoms with E-state index in [4.69, 9.17) is 0 Å². The third kappa shape index (κ3) is 1.23. The summed E-state index contributed by atoms with van der Waals surface area (Å²) in [5, 5.41) is 3.76. The Bertz CT molecular complexity index is 764. The van der Waals surface area contributed by atoms with Crippen molar-refractivity contribution in [3.8, 4) is 11.1 Å². The molecule has 18 heavy (non-hydrogen) atoms. The summed E-state index contributed by atoms with van der Waals surface area (Å²) in [5.74, 6) is 0. The van der Waals surface area contributed by atoms with Crippen LogP contribution in [-0.2, 0) is 0 Å². The molecular formula is C16H12N2. The molecule has 2 nitrogen and oxygen atoms in total. The van der Waals surface area contributed by atoms with Crippen molar-refractivity contribution in [2.45, 2.75) is 0 Å². The van der Waals surface area contributed by atoms with Crippen LogP contribution < -0.4 is 0 Å². The Morgan fingerprint density at radius 1 is 0.722 bits per heavy atom. The van der Waals surface area contributed by atoms with Crippen LogP contribution in [0.1, 0.15) is 0 Å². The lowest BCUT2D eigenvalue weighted by atomic mass is 9.99. The second kappa shape index (κ2) is 3.50. The molecule has 4 aromatic rings. The minimum atomic E-state index is 1.20. The molecule has 0 radical (unpaired) electrons. The number of nitrogens with one attached hydrogen (secondary N) is 2. The molecule has 2 aromatic carbocycles. The zero-order valence-corrected chi connectivity index (χ0v) is 9.77. The summed E-state index contributed by atoms with van der Waals surface area (Å²) in [4.78, 5) is 6.51. The maximum atomic E-state index is 3.33. The van der Waals surface area contributed by atoms with Crippen LogP contribution in [0.2, 0.25) is 0 Å². The van der Waals surface area contributed by atoms with Gasteiger partial charge in [-0.2, -0.15) is 0 Å². The third-order valence-electron chi connectivity index (χ3n) is 3.48. The second-order valence-corrected chi connectivity index (χ2v) is 4.51. The Hall–Kier alpha value is -2.48. The molecule has 2 aromatic heterocycles. The minimum Gasteiger partial charge on any atom is -0.366 e. The lowest BCUT2D eigenvalue weighted by molar-refractivity contribution is 1.43. The molecule has 0 aliphatic rings. The average Bonchev–Trinajstić information content (AvgIpc) is 3.06. The summed E-state index contributed by atoms with van der Waals surface area (Å²) in [7, 11) is 0. The standard InChI is InChI=1S/C16H12N2/c1-3-11-7-8-18-16(11)14(6-1)13-5-2-4-12-9-17-10-15(12)13/h1-10,17-18H. The van der Waals surface area contributed by atoms with E-state index in [0.717, 1.165) is 0 Å². The first-order chi connectivity index (χ1) is 8.93. The first kappa shape index (κ1) is 9.54. The van der Waals surface area contributed by atoms with E-state index >= 15 is 0 Å². The SMILES string of the molecule is c1cc(-c2cccc3cc[nH]c23)c2c[nH]cc2c1. The summed E-state index contributed by atoms with van der Waals surface area (Å²) in [6.07, 6.45) is 6.09. The molecule has 2 heterocycles. The Balaban J connectivity index is 2.13. The van der Waals surface area contributed by atoms with E-state index in [9.17, 15) is 0 Å². The molecule has 0 bridgehead atoms. The van der Waals surface area contributed by atoms with Gasteiger partial charge < -0.3 is 9.97 Å². The number of rotatable bonds is 1.